The highest BCUT2D eigenvalue weighted by Crippen LogP contribution is 2.15. The molecule has 0 aliphatic carbocycles. The van der Waals surface area contributed by atoms with E-state index in [-0.39, 0.29) is 24.3 Å². The van der Waals surface area contributed by atoms with Crippen LogP contribution in [-0.2, 0) is 19.6 Å². The molecule has 9 heteroatoms. The highest BCUT2D eigenvalue weighted by Gasteiger charge is 2.18. The number of carbonyl (C=O) groups excluding carboxylic acids is 1. The molecule has 1 rings (SSSR count). The summed E-state index contributed by atoms with van der Waals surface area (Å²) in [7, 11) is -3.71. The average Bonchev–Trinajstić information content (AvgIpc) is 2.44. The van der Waals surface area contributed by atoms with Crippen molar-refractivity contribution in [2.24, 2.45) is 0 Å². The number of aliphatic carboxylic acids is 1. The molecule has 1 unspecified atom stereocenters. The van der Waals surface area contributed by atoms with E-state index in [1.165, 1.54) is 12.1 Å². The van der Waals surface area contributed by atoms with Crippen LogP contribution >= 0.6 is 15.9 Å². The van der Waals surface area contributed by atoms with Crippen molar-refractivity contribution in [2.45, 2.75) is 30.7 Å². The Balaban J connectivity index is 2.53. The van der Waals surface area contributed by atoms with E-state index in [0.717, 1.165) is 0 Å². The molecule has 1 atom stereocenters. The van der Waals surface area contributed by atoms with Crippen molar-refractivity contribution in [1.82, 2.24) is 10.0 Å². The highest BCUT2D eigenvalue weighted by atomic mass is 79.9. The Hall–Kier alpha value is -1.45. The quantitative estimate of drug-likeness (QED) is 0.612. The Labute approximate surface area is 137 Å². The first-order chi connectivity index (χ1) is 10.3. The number of carboxylic acids is 1. The summed E-state index contributed by atoms with van der Waals surface area (Å²) in [5.41, 5.74) is 0. The number of rotatable bonds is 8. The number of sulfonamides is 1. The molecular weight excluding hydrogens is 376 g/mol. The molecule has 0 aliphatic heterocycles. The zero-order valence-electron chi connectivity index (χ0n) is 11.9. The molecule has 1 aromatic carbocycles. The van der Waals surface area contributed by atoms with Gasteiger partial charge in [-0.05, 0) is 24.6 Å². The van der Waals surface area contributed by atoms with E-state index in [4.69, 9.17) is 5.11 Å². The zero-order chi connectivity index (χ0) is 16.8. The van der Waals surface area contributed by atoms with Crippen LogP contribution in [-0.4, -0.2) is 38.0 Å². The number of halogens is 1. The van der Waals surface area contributed by atoms with Crippen LogP contribution in [0.1, 0.15) is 19.8 Å². The van der Waals surface area contributed by atoms with E-state index in [1.54, 1.807) is 19.1 Å². The molecule has 0 bridgehead atoms. The molecule has 0 fully saturated rings. The van der Waals surface area contributed by atoms with Crippen molar-refractivity contribution < 1.29 is 23.1 Å². The van der Waals surface area contributed by atoms with Gasteiger partial charge >= 0.3 is 5.97 Å². The van der Waals surface area contributed by atoms with E-state index >= 15 is 0 Å². The van der Waals surface area contributed by atoms with Gasteiger partial charge in [0.05, 0.1) is 4.90 Å². The van der Waals surface area contributed by atoms with Gasteiger partial charge in [0.25, 0.3) is 0 Å². The second kappa shape index (κ2) is 8.25. The molecule has 1 amide bonds. The molecule has 0 saturated carbocycles. The smallest absolute Gasteiger partial charge is 0.326 e. The van der Waals surface area contributed by atoms with Crippen molar-refractivity contribution in [3.8, 4) is 0 Å². The first-order valence-electron chi connectivity index (χ1n) is 6.53. The van der Waals surface area contributed by atoms with Crippen LogP contribution < -0.4 is 10.0 Å². The topological polar surface area (TPSA) is 113 Å². The standard InChI is InChI=1S/C13H17BrN2O5S/c1-2-11(13(18)19)16-12(17)6-7-15-22(20,21)10-5-3-4-9(14)8-10/h3-5,8,11,15H,2,6-7H2,1H3,(H,16,17)(H,18,19). The van der Waals surface area contributed by atoms with Gasteiger partial charge in [-0.2, -0.15) is 0 Å². The molecule has 122 valence electrons. The SMILES string of the molecule is CCC(NC(=O)CCNS(=O)(=O)c1cccc(Br)c1)C(=O)O. The maximum atomic E-state index is 12.0. The van der Waals surface area contributed by atoms with Crippen molar-refractivity contribution in [1.29, 1.82) is 0 Å². The summed E-state index contributed by atoms with van der Waals surface area (Å²) in [5.74, 6) is -1.64. The fourth-order valence-corrected chi connectivity index (χ4v) is 3.25. The van der Waals surface area contributed by atoms with E-state index in [1.807, 2.05) is 0 Å². The maximum Gasteiger partial charge on any atom is 0.326 e. The second-order valence-electron chi connectivity index (χ2n) is 4.47. The fourth-order valence-electron chi connectivity index (χ4n) is 1.62. The Morgan fingerprint density at radius 1 is 1.36 bits per heavy atom. The molecule has 0 aliphatic rings. The van der Waals surface area contributed by atoms with E-state index in [9.17, 15) is 18.0 Å². The Bertz CT molecular complexity index is 648. The van der Waals surface area contributed by atoms with Gasteiger partial charge in [0, 0.05) is 17.4 Å². The number of carboxylic acid groups (broad SMARTS) is 1. The third-order valence-corrected chi connectivity index (χ3v) is 4.74. The van der Waals surface area contributed by atoms with Gasteiger partial charge in [-0.3, -0.25) is 4.79 Å². The molecule has 3 N–H and O–H groups in total. The molecule has 0 spiro atoms. The summed E-state index contributed by atoms with van der Waals surface area (Å²) in [6.07, 6.45) is 0.113. The Kier molecular flexibility index (Phi) is 6.98. The minimum atomic E-state index is -3.71. The van der Waals surface area contributed by atoms with Crippen LogP contribution in [0.3, 0.4) is 0 Å². The van der Waals surface area contributed by atoms with Gasteiger partial charge in [0.15, 0.2) is 0 Å². The summed E-state index contributed by atoms with van der Waals surface area (Å²) in [6.45, 7) is 1.52. The molecule has 0 saturated heterocycles. The van der Waals surface area contributed by atoms with Gasteiger partial charge in [-0.1, -0.05) is 28.9 Å². The van der Waals surface area contributed by atoms with Crippen LogP contribution in [0.5, 0.6) is 0 Å². The van der Waals surface area contributed by atoms with Crippen LogP contribution in [0.25, 0.3) is 0 Å². The summed E-state index contributed by atoms with van der Waals surface area (Å²) < 4.78 is 26.9. The number of nitrogens with one attached hydrogen (secondary N) is 2. The molecule has 0 radical (unpaired) electrons. The molecule has 0 heterocycles. The zero-order valence-corrected chi connectivity index (χ0v) is 14.3. The minimum absolute atomic E-state index is 0.0826. The molecule has 7 nitrogen and oxygen atoms in total. The summed E-state index contributed by atoms with van der Waals surface area (Å²) in [6, 6.07) is 5.20. The fraction of sp³-hybridized carbons (Fsp3) is 0.385. The molecule has 1 aromatic rings. The lowest BCUT2D eigenvalue weighted by Gasteiger charge is -2.12. The normalized spacial score (nSPS) is 12.6. The van der Waals surface area contributed by atoms with Crippen LogP contribution in [0.2, 0.25) is 0 Å². The monoisotopic (exact) mass is 392 g/mol. The molecular formula is C13H17BrN2O5S. The van der Waals surface area contributed by atoms with Gasteiger partial charge in [0.1, 0.15) is 6.04 Å². The van der Waals surface area contributed by atoms with Crippen LogP contribution in [0.4, 0.5) is 0 Å². The lowest BCUT2D eigenvalue weighted by atomic mass is 10.2. The third-order valence-electron chi connectivity index (χ3n) is 2.79. The lowest BCUT2D eigenvalue weighted by Crippen LogP contribution is -2.41. The van der Waals surface area contributed by atoms with Crippen molar-refractivity contribution >= 4 is 37.8 Å². The minimum Gasteiger partial charge on any atom is -0.480 e. The molecule has 0 aromatic heterocycles. The predicted molar refractivity (Wildman–Crippen MR) is 83.8 cm³/mol. The van der Waals surface area contributed by atoms with E-state index in [2.05, 4.69) is 26.0 Å². The number of hydrogen-bond donors (Lipinski definition) is 3. The predicted octanol–water partition coefficient (Wildman–Crippen LogP) is 1.10. The maximum absolute atomic E-state index is 12.0. The highest BCUT2D eigenvalue weighted by molar-refractivity contribution is 9.10. The Morgan fingerprint density at radius 2 is 2.05 bits per heavy atom. The second-order valence-corrected chi connectivity index (χ2v) is 7.15. The summed E-state index contributed by atoms with van der Waals surface area (Å²) >= 11 is 3.18. The van der Waals surface area contributed by atoms with Crippen molar-refractivity contribution in [3.63, 3.8) is 0 Å². The average molecular weight is 393 g/mol. The third kappa shape index (κ3) is 5.74. The summed E-state index contributed by atoms with van der Waals surface area (Å²) in [4.78, 5) is 22.4. The number of amides is 1. The van der Waals surface area contributed by atoms with Gasteiger partial charge in [-0.25, -0.2) is 17.9 Å². The largest absolute Gasteiger partial charge is 0.480 e. The van der Waals surface area contributed by atoms with Gasteiger partial charge in [0.2, 0.25) is 15.9 Å². The summed E-state index contributed by atoms with van der Waals surface area (Å²) in [5, 5.41) is 11.1. The van der Waals surface area contributed by atoms with E-state index < -0.39 is 27.9 Å². The molecule has 22 heavy (non-hydrogen) atoms. The first-order valence-corrected chi connectivity index (χ1v) is 8.81. The number of benzene rings is 1. The Morgan fingerprint density at radius 3 is 2.59 bits per heavy atom. The number of hydrogen-bond acceptors (Lipinski definition) is 4. The van der Waals surface area contributed by atoms with Gasteiger partial charge < -0.3 is 10.4 Å². The van der Waals surface area contributed by atoms with Crippen molar-refractivity contribution in [3.05, 3.63) is 28.7 Å². The first kappa shape index (κ1) is 18.6. The lowest BCUT2D eigenvalue weighted by molar-refractivity contribution is -0.141. The van der Waals surface area contributed by atoms with Crippen molar-refractivity contribution in [2.75, 3.05) is 6.54 Å². The van der Waals surface area contributed by atoms with Crippen LogP contribution in [0.15, 0.2) is 33.6 Å². The number of carbonyl (C=O) groups is 2. The van der Waals surface area contributed by atoms with E-state index in [0.29, 0.717) is 4.47 Å². The van der Waals surface area contributed by atoms with Gasteiger partial charge in [-0.15, -0.1) is 0 Å². The van der Waals surface area contributed by atoms with Crippen LogP contribution in [0, 0.1) is 0 Å².